The van der Waals surface area contributed by atoms with E-state index in [1.165, 1.54) is 6.42 Å². The highest BCUT2D eigenvalue weighted by Crippen LogP contribution is 2.46. The van der Waals surface area contributed by atoms with Crippen molar-refractivity contribution in [2.45, 2.75) is 43.4 Å². The Bertz CT molecular complexity index is 321. The fraction of sp³-hybridized carbons (Fsp3) is 1.00. The topological polar surface area (TPSA) is 37.4 Å². The largest absolute Gasteiger partial charge is 0.217 e. The summed E-state index contributed by atoms with van der Waals surface area (Å²) < 4.78 is 25.6. The van der Waals surface area contributed by atoms with Gasteiger partial charge in [0.15, 0.2) is 0 Å². The first kappa shape index (κ1) is 8.24. The number of hydrogen-bond donors (Lipinski definition) is 0. The summed E-state index contributed by atoms with van der Waals surface area (Å²) in [6, 6.07) is 0.402. The molecule has 0 unspecified atom stereocenters. The lowest BCUT2D eigenvalue weighted by Crippen LogP contribution is -2.39. The molecular formula is C9H15NO2S. The summed E-state index contributed by atoms with van der Waals surface area (Å²) in [5.41, 5.74) is 0. The zero-order valence-electron chi connectivity index (χ0n) is 7.65. The van der Waals surface area contributed by atoms with Crippen LogP contribution in [0.2, 0.25) is 0 Å². The highest BCUT2D eigenvalue weighted by Gasteiger charge is 2.52. The van der Waals surface area contributed by atoms with Gasteiger partial charge in [-0.1, -0.05) is 0 Å². The number of hydrogen-bond acceptors (Lipinski definition) is 2. The Balaban J connectivity index is 1.83. The van der Waals surface area contributed by atoms with Gasteiger partial charge in [0.25, 0.3) is 0 Å². The minimum absolute atomic E-state index is 0.00755. The Labute approximate surface area is 79.2 Å². The molecule has 3 aliphatic rings. The second-order valence-corrected chi connectivity index (χ2v) is 6.73. The molecule has 2 aliphatic carbocycles. The average Bonchev–Trinajstić information content (AvgIpc) is 2.96. The molecule has 0 aromatic heterocycles. The molecule has 1 aliphatic heterocycles. The van der Waals surface area contributed by atoms with Crippen molar-refractivity contribution in [2.24, 2.45) is 5.92 Å². The first-order valence-electron chi connectivity index (χ1n) is 5.20. The molecule has 0 amide bonds. The molecule has 0 N–H and O–H groups in total. The summed E-state index contributed by atoms with van der Waals surface area (Å²) in [6.07, 6.45) is 5.26. The SMILES string of the molecule is O=S(=O)(C1CC1)N1CCC[C@@H]2C[C@@H]21. The molecule has 0 bridgehead atoms. The average molecular weight is 201 g/mol. The molecule has 3 rings (SSSR count). The van der Waals surface area contributed by atoms with Gasteiger partial charge >= 0.3 is 0 Å². The maximum Gasteiger partial charge on any atom is 0.217 e. The predicted molar refractivity (Wildman–Crippen MR) is 49.8 cm³/mol. The Hall–Kier alpha value is -0.0900. The summed E-state index contributed by atoms with van der Waals surface area (Å²) in [5, 5.41) is -0.00755. The van der Waals surface area contributed by atoms with Crippen molar-refractivity contribution >= 4 is 10.0 Å². The minimum atomic E-state index is -2.86. The second kappa shape index (κ2) is 2.48. The Morgan fingerprint density at radius 3 is 2.62 bits per heavy atom. The Morgan fingerprint density at radius 1 is 1.15 bits per heavy atom. The molecule has 4 heteroatoms. The van der Waals surface area contributed by atoms with E-state index < -0.39 is 10.0 Å². The van der Waals surface area contributed by atoms with Gasteiger partial charge in [-0.3, -0.25) is 0 Å². The molecule has 2 atom stereocenters. The predicted octanol–water partition coefficient (Wildman–Crippen LogP) is 0.963. The maximum atomic E-state index is 11.9. The lowest BCUT2D eigenvalue weighted by atomic mass is 10.2. The summed E-state index contributed by atoms with van der Waals surface area (Å²) >= 11 is 0. The Morgan fingerprint density at radius 2 is 1.92 bits per heavy atom. The van der Waals surface area contributed by atoms with Gasteiger partial charge in [0, 0.05) is 12.6 Å². The fourth-order valence-corrected chi connectivity index (χ4v) is 4.58. The molecule has 2 saturated carbocycles. The summed E-state index contributed by atoms with van der Waals surface area (Å²) in [4.78, 5) is 0. The van der Waals surface area contributed by atoms with Gasteiger partial charge in [0.2, 0.25) is 10.0 Å². The van der Waals surface area contributed by atoms with Crippen molar-refractivity contribution in [3.05, 3.63) is 0 Å². The number of fused-ring (bicyclic) bond motifs is 1. The van der Waals surface area contributed by atoms with Crippen LogP contribution in [0.5, 0.6) is 0 Å². The van der Waals surface area contributed by atoms with E-state index in [9.17, 15) is 8.42 Å². The van der Waals surface area contributed by atoms with Crippen molar-refractivity contribution in [2.75, 3.05) is 6.54 Å². The monoisotopic (exact) mass is 201 g/mol. The van der Waals surface area contributed by atoms with Gasteiger partial charge in [0.1, 0.15) is 0 Å². The molecule has 3 fully saturated rings. The van der Waals surface area contributed by atoms with Gasteiger partial charge < -0.3 is 0 Å². The van der Waals surface area contributed by atoms with Crippen LogP contribution >= 0.6 is 0 Å². The molecule has 0 spiro atoms. The van der Waals surface area contributed by atoms with E-state index in [4.69, 9.17) is 0 Å². The number of piperidine rings is 1. The third kappa shape index (κ3) is 1.22. The first-order valence-corrected chi connectivity index (χ1v) is 6.70. The van der Waals surface area contributed by atoms with Gasteiger partial charge in [-0.25, -0.2) is 8.42 Å². The highest BCUT2D eigenvalue weighted by atomic mass is 32.2. The molecule has 0 radical (unpaired) electrons. The van der Waals surface area contributed by atoms with Gasteiger partial charge in [-0.15, -0.1) is 0 Å². The van der Waals surface area contributed by atoms with Crippen molar-refractivity contribution in [1.82, 2.24) is 4.31 Å². The van der Waals surface area contributed by atoms with Crippen LogP contribution < -0.4 is 0 Å². The highest BCUT2D eigenvalue weighted by molar-refractivity contribution is 7.90. The lowest BCUT2D eigenvalue weighted by Gasteiger charge is -2.25. The number of rotatable bonds is 2. The van der Waals surface area contributed by atoms with Gasteiger partial charge in [-0.05, 0) is 38.0 Å². The molecule has 74 valence electrons. The van der Waals surface area contributed by atoms with E-state index in [-0.39, 0.29) is 5.25 Å². The van der Waals surface area contributed by atoms with Crippen molar-refractivity contribution < 1.29 is 8.42 Å². The summed E-state index contributed by atoms with van der Waals surface area (Å²) in [7, 11) is -2.86. The zero-order valence-corrected chi connectivity index (χ0v) is 8.46. The standard InChI is InChI=1S/C9H15NO2S/c11-13(12,8-3-4-8)10-5-1-2-7-6-9(7)10/h7-9H,1-6H2/t7-,9+/m1/s1. The van der Waals surface area contributed by atoms with Crippen molar-refractivity contribution in [3.8, 4) is 0 Å². The lowest BCUT2D eigenvalue weighted by molar-refractivity contribution is 0.334. The molecule has 0 aromatic carbocycles. The Kier molecular flexibility index (Phi) is 1.57. The summed E-state index contributed by atoms with van der Waals surface area (Å²) in [5.74, 6) is 0.710. The molecule has 1 saturated heterocycles. The van der Waals surface area contributed by atoms with Crippen LogP contribution in [0, 0.1) is 5.92 Å². The molecule has 0 aromatic rings. The third-order valence-electron chi connectivity index (χ3n) is 3.48. The zero-order chi connectivity index (χ0) is 9.05. The van der Waals surface area contributed by atoms with E-state index >= 15 is 0 Å². The van der Waals surface area contributed by atoms with Crippen LogP contribution in [0.4, 0.5) is 0 Å². The first-order chi connectivity index (χ1) is 6.19. The van der Waals surface area contributed by atoms with E-state index in [1.54, 1.807) is 4.31 Å². The van der Waals surface area contributed by atoms with Crippen molar-refractivity contribution in [1.29, 1.82) is 0 Å². The summed E-state index contributed by atoms with van der Waals surface area (Å²) in [6.45, 7) is 0.792. The van der Waals surface area contributed by atoms with Crippen molar-refractivity contribution in [3.63, 3.8) is 0 Å². The number of nitrogens with zero attached hydrogens (tertiary/aromatic N) is 1. The van der Waals surface area contributed by atoms with E-state index in [0.717, 1.165) is 32.2 Å². The molecule has 3 nitrogen and oxygen atoms in total. The van der Waals surface area contributed by atoms with Crippen LogP contribution in [0.15, 0.2) is 0 Å². The fourth-order valence-electron chi connectivity index (χ4n) is 2.44. The quantitative estimate of drug-likeness (QED) is 0.667. The smallest absolute Gasteiger partial charge is 0.212 e. The van der Waals surface area contributed by atoms with Crippen LogP contribution in [0.25, 0.3) is 0 Å². The molecular weight excluding hydrogens is 186 g/mol. The normalized spacial score (nSPS) is 40.0. The second-order valence-electron chi connectivity index (χ2n) is 4.56. The van der Waals surface area contributed by atoms with Crippen LogP contribution in [0.3, 0.4) is 0 Å². The molecule has 1 heterocycles. The van der Waals surface area contributed by atoms with Gasteiger partial charge in [-0.2, -0.15) is 4.31 Å². The molecule has 13 heavy (non-hydrogen) atoms. The van der Waals surface area contributed by atoms with E-state index in [2.05, 4.69) is 0 Å². The van der Waals surface area contributed by atoms with Crippen LogP contribution in [-0.2, 0) is 10.0 Å². The van der Waals surface area contributed by atoms with E-state index in [0.29, 0.717) is 12.0 Å². The van der Waals surface area contributed by atoms with Gasteiger partial charge in [0.05, 0.1) is 5.25 Å². The minimum Gasteiger partial charge on any atom is -0.212 e. The third-order valence-corrected chi connectivity index (χ3v) is 5.90. The number of sulfonamides is 1. The van der Waals surface area contributed by atoms with Crippen LogP contribution in [0.1, 0.15) is 32.1 Å². The maximum absolute atomic E-state index is 11.9. The van der Waals surface area contributed by atoms with Crippen LogP contribution in [-0.4, -0.2) is 30.6 Å². The van der Waals surface area contributed by atoms with E-state index in [1.807, 2.05) is 0 Å².